The summed E-state index contributed by atoms with van der Waals surface area (Å²) in [4.78, 5) is 19.5. The molecule has 2 aliphatic rings. The van der Waals surface area contributed by atoms with Crippen molar-refractivity contribution in [3.8, 4) is 0 Å². The quantitative estimate of drug-likeness (QED) is 0.906. The average molecular weight is 343 g/mol. The average Bonchev–Trinajstić information content (AvgIpc) is 3.01. The Bertz CT molecular complexity index is 779. The number of aryl methyl sites for hydroxylation is 1. The van der Waals surface area contributed by atoms with E-state index in [1.807, 2.05) is 40.8 Å². The minimum atomic E-state index is -0.0984. The fraction of sp³-hybridized carbons (Fsp3) is 0.579. The van der Waals surface area contributed by atoms with Crippen molar-refractivity contribution in [2.75, 3.05) is 26.4 Å². The maximum Gasteiger partial charge on any atom is 0.254 e. The van der Waals surface area contributed by atoms with Crippen LogP contribution in [-0.4, -0.2) is 57.7 Å². The van der Waals surface area contributed by atoms with Crippen molar-refractivity contribution in [3.05, 3.63) is 35.8 Å². The van der Waals surface area contributed by atoms with Crippen LogP contribution in [0.2, 0.25) is 0 Å². The molecule has 1 atom stereocenters. The Morgan fingerprint density at radius 2 is 2.20 bits per heavy atom. The van der Waals surface area contributed by atoms with E-state index in [1.165, 1.54) is 0 Å². The summed E-state index contributed by atoms with van der Waals surface area (Å²) in [5.74, 6) is -0.00669. The molecule has 2 fully saturated rings. The van der Waals surface area contributed by atoms with Crippen LogP contribution in [0.4, 0.5) is 0 Å². The fourth-order valence-electron chi connectivity index (χ4n) is 4.25. The summed E-state index contributed by atoms with van der Waals surface area (Å²) in [6, 6.07) is 3.59. The molecule has 1 amide bonds. The zero-order chi connectivity index (χ0) is 17.4. The van der Waals surface area contributed by atoms with Crippen LogP contribution in [0.25, 0.3) is 5.65 Å². The Labute approximate surface area is 147 Å². The molecule has 0 aromatic carbocycles. The highest BCUT2D eigenvalue weighted by Crippen LogP contribution is 2.41. The predicted octanol–water partition coefficient (Wildman–Crippen LogP) is 2.04. The SMILES string of the molecule is Cc1cn2ccc(C(=O)N3CC4(CCOCC4)CCC3CO)cc2n1. The van der Waals surface area contributed by atoms with Crippen LogP contribution in [0.5, 0.6) is 0 Å². The standard InChI is InChI=1S/C19H25N3O3/c1-14-11-21-7-3-15(10-17(21)20-14)18(24)22-13-19(4-2-16(22)12-23)5-8-25-9-6-19/h3,7,10-11,16,23H,2,4-6,8-9,12-13H2,1H3. The summed E-state index contributed by atoms with van der Waals surface area (Å²) in [5, 5.41) is 9.78. The number of amides is 1. The number of pyridine rings is 1. The van der Waals surface area contributed by atoms with Crippen LogP contribution in [0.3, 0.4) is 0 Å². The van der Waals surface area contributed by atoms with Gasteiger partial charge in [-0.25, -0.2) is 4.98 Å². The highest BCUT2D eigenvalue weighted by molar-refractivity contribution is 5.95. The number of nitrogens with zero attached hydrogens (tertiary/aromatic N) is 3. The molecule has 4 rings (SSSR count). The molecule has 134 valence electrons. The second-order valence-electron chi connectivity index (χ2n) is 7.48. The van der Waals surface area contributed by atoms with Gasteiger partial charge in [-0.2, -0.15) is 0 Å². The van der Waals surface area contributed by atoms with Crippen molar-refractivity contribution in [2.45, 2.75) is 38.6 Å². The van der Waals surface area contributed by atoms with Gasteiger partial charge < -0.3 is 19.1 Å². The number of carbonyl (C=O) groups excluding carboxylic acids is 1. The largest absolute Gasteiger partial charge is 0.394 e. The number of aliphatic hydroxyl groups is 1. The van der Waals surface area contributed by atoms with Gasteiger partial charge in [0.15, 0.2) is 0 Å². The molecule has 0 aliphatic carbocycles. The van der Waals surface area contributed by atoms with Gasteiger partial charge >= 0.3 is 0 Å². The van der Waals surface area contributed by atoms with Gasteiger partial charge in [-0.05, 0) is 50.2 Å². The first kappa shape index (κ1) is 16.5. The van der Waals surface area contributed by atoms with E-state index in [2.05, 4.69) is 4.98 Å². The van der Waals surface area contributed by atoms with Crippen LogP contribution >= 0.6 is 0 Å². The molecular weight excluding hydrogens is 318 g/mol. The van der Waals surface area contributed by atoms with E-state index >= 15 is 0 Å². The summed E-state index contributed by atoms with van der Waals surface area (Å²) >= 11 is 0. The first-order valence-corrected chi connectivity index (χ1v) is 9.05. The highest BCUT2D eigenvalue weighted by atomic mass is 16.5. The van der Waals surface area contributed by atoms with Gasteiger partial charge in [0, 0.05) is 37.7 Å². The molecule has 6 nitrogen and oxygen atoms in total. The van der Waals surface area contributed by atoms with E-state index in [0.717, 1.165) is 50.2 Å². The van der Waals surface area contributed by atoms with Gasteiger partial charge in [0.25, 0.3) is 5.91 Å². The number of ether oxygens (including phenoxy) is 1. The number of aromatic nitrogens is 2. The third-order valence-corrected chi connectivity index (χ3v) is 5.81. The number of aliphatic hydroxyl groups excluding tert-OH is 1. The Kier molecular flexibility index (Phi) is 4.25. The summed E-state index contributed by atoms with van der Waals surface area (Å²) in [6.45, 7) is 4.20. The summed E-state index contributed by atoms with van der Waals surface area (Å²) in [7, 11) is 0. The Morgan fingerprint density at radius 3 is 2.96 bits per heavy atom. The molecule has 0 saturated carbocycles. The third kappa shape index (κ3) is 3.04. The van der Waals surface area contributed by atoms with Crippen LogP contribution in [0.1, 0.15) is 41.7 Å². The van der Waals surface area contributed by atoms with Crippen molar-refractivity contribution < 1.29 is 14.6 Å². The van der Waals surface area contributed by atoms with Gasteiger partial charge in [0.1, 0.15) is 5.65 Å². The number of likely N-dealkylation sites (tertiary alicyclic amines) is 1. The van der Waals surface area contributed by atoms with Crippen molar-refractivity contribution in [1.29, 1.82) is 0 Å². The summed E-state index contributed by atoms with van der Waals surface area (Å²) in [6.07, 6.45) is 7.72. The monoisotopic (exact) mass is 343 g/mol. The number of imidazole rings is 1. The van der Waals surface area contributed by atoms with E-state index in [4.69, 9.17) is 4.74 Å². The molecule has 1 unspecified atom stereocenters. The number of piperidine rings is 1. The van der Waals surface area contributed by atoms with E-state index in [-0.39, 0.29) is 24.0 Å². The lowest BCUT2D eigenvalue weighted by Crippen LogP contribution is -2.54. The van der Waals surface area contributed by atoms with E-state index in [9.17, 15) is 9.90 Å². The maximum absolute atomic E-state index is 13.2. The topological polar surface area (TPSA) is 67.1 Å². The van der Waals surface area contributed by atoms with E-state index in [0.29, 0.717) is 12.1 Å². The van der Waals surface area contributed by atoms with Crippen LogP contribution < -0.4 is 0 Å². The summed E-state index contributed by atoms with van der Waals surface area (Å²) < 4.78 is 7.44. The smallest absolute Gasteiger partial charge is 0.254 e. The number of carbonyl (C=O) groups is 1. The van der Waals surface area contributed by atoms with Gasteiger partial charge in [0.05, 0.1) is 18.3 Å². The van der Waals surface area contributed by atoms with Crippen LogP contribution in [-0.2, 0) is 4.74 Å². The van der Waals surface area contributed by atoms with Gasteiger partial charge in [0.2, 0.25) is 0 Å². The first-order chi connectivity index (χ1) is 12.1. The van der Waals surface area contributed by atoms with E-state index < -0.39 is 0 Å². The zero-order valence-electron chi connectivity index (χ0n) is 14.6. The molecule has 1 N–H and O–H groups in total. The lowest BCUT2D eigenvalue weighted by molar-refractivity contribution is -0.0435. The highest BCUT2D eigenvalue weighted by Gasteiger charge is 2.42. The molecule has 2 aromatic heterocycles. The van der Waals surface area contributed by atoms with E-state index in [1.54, 1.807) is 0 Å². The lowest BCUT2D eigenvalue weighted by atomic mass is 9.72. The lowest BCUT2D eigenvalue weighted by Gasteiger charge is -2.48. The number of rotatable bonds is 2. The molecule has 0 bridgehead atoms. The second-order valence-corrected chi connectivity index (χ2v) is 7.48. The first-order valence-electron chi connectivity index (χ1n) is 9.05. The summed E-state index contributed by atoms with van der Waals surface area (Å²) in [5.41, 5.74) is 2.49. The van der Waals surface area contributed by atoms with Crippen molar-refractivity contribution in [1.82, 2.24) is 14.3 Å². The van der Waals surface area contributed by atoms with Crippen molar-refractivity contribution in [3.63, 3.8) is 0 Å². The maximum atomic E-state index is 13.2. The van der Waals surface area contributed by atoms with Gasteiger partial charge in [-0.15, -0.1) is 0 Å². The zero-order valence-corrected chi connectivity index (χ0v) is 14.6. The second kappa shape index (κ2) is 6.42. The molecule has 2 aromatic rings. The third-order valence-electron chi connectivity index (χ3n) is 5.81. The molecule has 2 saturated heterocycles. The normalized spacial score (nSPS) is 23.3. The molecule has 4 heterocycles. The minimum absolute atomic E-state index is 0.00669. The van der Waals surface area contributed by atoms with Gasteiger partial charge in [-0.3, -0.25) is 4.79 Å². The fourth-order valence-corrected chi connectivity index (χ4v) is 4.25. The molecule has 25 heavy (non-hydrogen) atoms. The van der Waals surface area contributed by atoms with Crippen molar-refractivity contribution >= 4 is 11.6 Å². The predicted molar refractivity (Wildman–Crippen MR) is 93.6 cm³/mol. The van der Waals surface area contributed by atoms with Crippen LogP contribution in [0.15, 0.2) is 24.5 Å². The molecule has 0 radical (unpaired) electrons. The van der Waals surface area contributed by atoms with Crippen LogP contribution in [0, 0.1) is 12.3 Å². The number of hydrogen-bond acceptors (Lipinski definition) is 4. The van der Waals surface area contributed by atoms with Gasteiger partial charge in [-0.1, -0.05) is 0 Å². The molecule has 1 spiro atoms. The van der Waals surface area contributed by atoms with Crippen molar-refractivity contribution in [2.24, 2.45) is 5.41 Å². The molecule has 2 aliphatic heterocycles. The molecular formula is C19H25N3O3. The Hall–Kier alpha value is -1.92. The Balaban J connectivity index is 1.62. The molecule has 6 heteroatoms. The minimum Gasteiger partial charge on any atom is -0.394 e. The number of hydrogen-bond donors (Lipinski definition) is 1. The number of fused-ring (bicyclic) bond motifs is 1. The Morgan fingerprint density at radius 1 is 1.40 bits per heavy atom.